The number of aliphatic hydroxyl groups excluding tert-OH is 1. The van der Waals surface area contributed by atoms with Crippen LogP contribution in [0.1, 0.15) is 54.0 Å². The minimum atomic E-state index is -1.24. The molecular formula is C30H35NO5. The summed E-state index contributed by atoms with van der Waals surface area (Å²) in [7, 11) is 0. The van der Waals surface area contributed by atoms with Gasteiger partial charge in [0.25, 0.3) is 0 Å². The van der Waals surface area contributed by atoms with Crippen LogP contribution < -0.4 is 9.47 Å². The van der Waals surface area contributed by atoms with Gasteiger partial charge in [0, 0.05) is 24.6 Å². The van der Waals surface area contributed by atoms with Crippen LogP contribution in [0, 0.1) is 25.7 Å². The molecule has 0 radical (unpaired) electrons. The van der Waals surface area contributed by atoms with E-state index in [1.54, 1.807) is 13.8 Å². The zero-order chi connectivity index (χ0) is 25.6. The Hall–Kier alpha value is -2.93. The number of fused-ring (bicyclic) bond motifs is 3. The maximum atomic E-state index is 9.91. The second-order valence-electron chi connectivity index (χ2n) is 10.9. The van der Waals surface area contributed by atoms with Crippen LogP contribution in [0.15, 0.2) is 48.7 Å². The summed E-state index contributed by atoms with van der Waals surface area (Å²) in [4.78, 5) is 4.48. The van der Waals surface area contributed by atoms with Crippen molar-refractivity contribution in [3.8, 4) is 22.8 Å². The first kappa shape index (κ1) is 24.8. The predicted octanol–water partition coefficient (Wildman–Crippen LogP) is 4.68. The number of benzene rings is 2. The summed E-state index contributed by atoms with van der Waals surface area (Å²) >= 11 is 0. The van der Waals surface area contributed by atoms with Gasteiger partial charge < -0.3 is 24.8 Å². The third-order valence-electron chi connectivity index (χ3n) is 7.48. The van der Waals surface area contributed by atoms with Crippen molar-refractivity contribution < 1.29 is 24.8 Å². The van der Waals surface area contributed by atoms with Crippen molar-refractivity contribution in [1.29, 1.82) is 0 Å². The van der Waals surface area contributed by atoms with Gasteiger partial charge in [-0.2, -0.15) is 0 Å². The fourth-order valence-corrected chi connectivity index (χ4v) is 5.66. The summed E-state index contributed by atoms with van der Waals surface area (Å²) in [6.45, 7) is 8.64. The molecule has 0 amide bonds. The molecule has 6 nitrogen and oxygen atoms in total. The first-order valence-electron chi connectivity index (χ1n) is 12.6. The smallest absolute Gasteiger partial charge is 0.213 e. The van der Waals surface area contributed by atoms with Gasteiger partial charge >= 0.3 is 0 Å². The standard InChI is InChI=1S/C30H35NO5/c1-17-10-22(35-9-8-30(3,4)34)11-18(2)26(17)20-7-5-6-19(12-20)16-36-25-14-21-13-23-27(24(21)15-31-25)28(23)29(32)33/h5-7,10-12,14-15,23,27-29,32-34H,8-9,13,16H2,1-4H3/t23-,27-,28+/m1/s1. The van der Waals surface area contributed by atoms with Gasteiger partial charge in [0.15, 0.2) is 6.29 Å². The molecule has 2 aromatic carbocycles. The van der Waals surface area contributed by atoms with E-state index in [-0.39, 0.29) is 11.8 Å². The lowest BCUT2D eigenvalue weighted by molar-refractivity contribution is -0.0617. The van der Waals surface area contributed by atoms with Crippen LogP contribution in [0.5, 0.6) is 11.6 Å². The molecule has 1 heterocycles. The molecule has 0 spiro atoms. The van der Waals surface area contributed by atoms with Crippen LogP contribution in [0.4, 0.5) is 0 Å². The molecule has 0 aliphatic heterocycles. The maximum absolute atomic E-state index is 9.91. The van der Waals surface area contributed by atoms with Crippen molar-refractivity contribution in [2.24, 2.45) is 11.8 Å². The molecule has 3 N–H and O–H groups in total. The van der Waals surface area contributed by atoms with Crippen molar-refractivity contribution in [3.63, 3.8) is 0 Å². The zero-order valence-electron chi connectivity index (χ0n) is 21.4. The molecule has 0 saturated heterocycles. The molecule has 6 heteroatoms. The average molecular weight is 490 g/mol. The SMILES string of the molecule is Cc1cc(OCCC(C)(C)O)cc(C)c1-c1cccc(COc2cc3c(cn2)[C@H]2[C@@H](C3)[C@@H]2C(O)O)c1. The molecule has 1 saturated carbocycles. The highest BCUT2D eigenvalue weighted by molar-refractivity contribution is 5.72. The Morgan fingerprint density at radius 3 is 2.50 bits per heavy atom. The Kier molecular flexibility index (Phi) is 6.54. The summed E-state index contributed by atoms with van der Waals surface area (Å²) < 4.78 is 11.9. The van der Waals surface area contributed by atoms with Gasteiger partial charge in [-0.1, -0.05) is 18.2 Å². The van der Waals surface area contributed by atoms with Crippen LogP contribution >= 0.6 is 0 Å². The van der Waals surface area contributed by atoms with Crippen molar-refractivity contribution in [2.75, 3.05) is 6.61 Å². The summed E-state index contributed by atoms with van der Waals surface area (Å²) in [5, 5.41) is 28.9. The first-order valence-corrected chi connectivity index (χ1v) is 12.6. The van der Waals surface area contributed by atoms with Gasteiger partial charge in [-0.15, -0.1) is 0 Å². The van der Waals surface area contributed by atoms with Crippen molar-refractivity contribution >= 4 is 0 Å². The summed E-state index contributed by atoms with van der Waals surface area (Å²) in [5.74, 6) is 1.91. The summed E-state index contributed by atoms with van der Waals surface area (Å²) in [6, 6.07) is 14.5. The van der Waals surface area contributed by atoms with Crippen LogP contribution in [0.2, 0.25) is 0 Å². The fourth-order valence-electron chi connectivity index (χ4n) is 5.66. The Balaban J connectivity index is 1.25. The number of hydrogen-bond donors (Lipinski definition) is 3. The Labute approximate surface area is 212 Å². The highest BCUT2D eigenvalue weighted by atomic mass is 16.5. The molecule has 1 fully saturated rings. The minimum absolute atomic E-state index is 0.0472. The van der Waals surface area contributed by atoms with E-state index in [0.29, 0.717) is 31.4 Å². The number of ether oxygens (including phenoxy) is 2. The second kappa shape index (κ2) is 9.51. The average Bonchev–Trinajstić information content (AvgIpc) is 3.39. The molecular weight excluding hydrogens is 454 g/mol. The Morgan fingerprint density at radius 1 is 1.06 bits per heavy atom. The van der Waals surface area contributed by atoms with Crippen LogP contribution in [0.25, 0.3) is 11.1 Å². The third kappa shape index (κ3) is 5.12. The number of pyridine rings is 1. The topological polar surface area (TPSA) is 92.0 Å². The Bertz CT molecular complexity index is 1240. The molecule has 36 heavy (non-hydrogen) atoms. The van der Waals surface area contributed by atoms with Gasteiger partial charge in [-0.25, -0.2) is 4.98 Å². The van der Waals surface area contributed by atoms with Gasteiger partial charge in [0.2, 0.25) is 5.88 Å². The van der Waals surface area contributed by atoms with Crippen molar-refractivity contribution in [3.05, 3.63) is 76.5 Å². The second-order valence-corrected chi connectivity index (χ2v) is 10.9. The lowest BCUT2D eigenvalue weighted by Gasteiger charge is -2.18. The molecule has 3 atom stereocenters. The molecule has 5 rings (SSSR count). The molecule has 2 aliphatic carbocycles. The summed E-state index contributed by atoms with van der Waals surface area (Å²) in [6.07, 6.45) is 2.02. The molecule has 190 valence electrons. The van der Waals surface area contributed by atoms with E-state index in [1.807, 2.05) is 18.3 Å². The monoisotopic (exact) mass is 489 g/mol. The van der Waals surface area contributed by atoms with Crippen molar-refractivity contribution in [2.45, 2.75) is 65.0 Å². The van der Waals surface area contributed by atoms with E-state index in [4.69, 9.17) is 9.47 Å². The Morgan fingerprint density at radius 2 is 1.81 bits per heavy atom. The van der Waals surface area contributed by atoms with E-state index in [2.05, 4.69) is 49.2 Å². The van der Waals surface area contributed by atoms with Crippen LogP contribution in [0.3, 0.4) is 0 Å². The summed E-state index contributed by atoms with van der Waals surface area (Å²) in [5.41, 5.74) is 7.24. The highest BCUT2D eigenvalue weighted by Gasteiger charge is 2.58. The molecule has 0 bridgehead atoms. The zero-order valence-corrected chi connectivity index (χ0v) is 21.4. The number of hydrogen-bond acceptors (Lipinski definition) is 6. The van der Waals surface area contributed by atoms with E-state index in [9.17, 15) is 15.3 Å². The van der Waals surface area contributed by atoms with E-state index < -0.39 is 11.9 Å². The fraction of sp³-hybridized carbons (Fsp3) is 0.433. The molecule has 1 aromatic heterocycles. The maximum Gasteiger partial charge on any atom is 0.213 e. The number of nitrogens with zero attached hydrogens (tertiary/aromatic N) is 1. The lowest BCUT2D eigenvalue weighted by atomic mass is 9.94. The van der Waals surface area contributed by atoms with Crippen molar-refractivity contribution in [1.82, 2.24) is 4.98 Å². The highest BCUT2D eigenvalue weighted by Crippen LogP contribution is 2.62. The van der Waals surface area contributed by atoms with E-state index in [1.165, 1.54) is 11.1 Å². The normalized spacial score (nSPS) is 20.3. The molecule has 0 unspecified atom stereocenters. The first-order chi connectivity index (χ1) is 17.1. The van der Waals surface area contributed by atoms with Gasteiger partial charge in [-0.3, -0.25) is 0 Å². The third-order valence-corrected chi connectivity index (χ3v) is 7.48. The largest absolute Gasteiger partial charge is 0.493 e. The van der Waals surface area contributed by atoms with E-state index >= 15 is 0 Å². The predicted molar refractivity (Wildman–Crippen MR) is 138 cm³/mol. The molecule has 2 aliphatic rings. The number of aliphatic hydroxyl groups is 3. The number of rotatable bonds is 9. The van der Waals surface area contributed by atoms with Gasteiger partial charge in [0.05, 0.1) is 12.2 Å². The number of aromatic nitrogens is 1. The lowest BCUT2D eigenvalue weighted by Crippen LogP contribution is -2.21. The van der Waals surface area contributed by atoms with Crippen LogP contribution in [-0.2, 0) is 13.0 Å². The van der Waals surface area contributed by atoms with E-state index in [0.717, 1.165) is 40.0 Å². The van der Waals surface area contributed by atoms with Gasteiger partial charge in [-0.05, 0) is 103 Å². The number of aryl methyl sites for hydroxylation is 2. The quantitative estimate of drug-likeness (QED) is 0.378. The van der Waals surface area contributed by atoms with Crippen LogP contribution in [-0.4, -0.2) is 38.8 Å². The minimum Gasteiger partial charge on any atom is -0.493 e. The molecule has 3 aromatic rings. The van der Waals surface area contributed by atoms with Gasteiger partial charge in [0.1, 0.15) is 12.4 Å².